The minimum atomic E-state index is -2.72. The minimum absolute atomic E-state index is 0.0516. The zero-order valence-corrected chi connectivity index (χ0v) is 15.2. The third-order valence-electron chi connectivity index (χ3n) is 4.48. The van der Waals surface area contributed by atoms with E-state index in [2.05, 4.69) is 9.47 Å². The highest BCUT2D eigenvalue weighted by atomic mass is 19.3. The van der Waals surface area contributed by atoms with Gasteiger partial charge in [-0.3, -0.25) is 0 Å². The number of halogens is 2. The molecule has 0 bridgehead atoms. The summed E-state index contributed by atoms with van der Waals surface area (Å²) in [6, 6.07) is 5.79. The van der Waals surface area contributed by atoms with Crippen LogP contribution in [-0.2, 0) is 19.0 Å². The molecule has 1 aromatic rings. The molecule has 1 aliphatic carbocycles. The molecule has 0 atom stereocenters. The van der Waals surface area contributed by atoms with Crippen LogP contribution in [-0.4, -0.2) is 32.9 Å². The van der Waals surface area contributed by atoms with E-state index in [1.54, 1.807) is 0 Å². The first-order valence-electron chi connectivity index (χ1n) is 8.47. The number of carbonyl (C=O) groups is 1. The third kappa shape index (κ3) is 5.42. The first kappa shape index (κ1) is 20.2. The van der Waals surface area contributed by atoms with Crippen molar-refractivity contribution in [2.75, 3.05) is 14.2 Å². The second kappa shape index (κ2) is 9.52. The van der Waals surface area contributed by atoms with Gasteiger partial charge in [-0.25, -0.2) is 4.79 Å². The van der Waals surface area contributed by atoms with E-state index in [1.807, 2.05) is 25.1 Å². The van der Waals surface area contributed by atoms with E-state index in [0.717, 1.165) is 24.0 Å². The molecule has 0 amide bonds. The van der Waals surface area contributed by atoms with Crippen LogP contribution in [0.1, 0.15) is 42.7 Å². The van der Waals surface area contributed by atoms with Gasteiger partial charge < -0.3 is 18.9 Å². The smallest absolute Gasteiger partial charge is 0.377 e. The van der Waals surface area contributed by atoms with Crippen molar-refractivity contribution in [3.8, 4) is 5.75 Å². The van der Waals surface area contributed by atoms with Gasteiger partial charge in [-0.15, -0.1) is 0 Å². The lowest BCUT2D eigenvalue weighted by Crippen LogP contribution is -2.22. The molecule has 0 saturated heterocycles. The molecule has 0 spiro atoms. The van der Waals surface area contributed by atoms with Gasteiger partial charge in [0.15, 0.2) is 0 Å². The normalized spacial score (nSPS) is 20.8. The molecular weight excluding hydrogens is 346 g/mol. The lowest BCUT2D eigenvalue weighted by atomic mass is 9.82. The van der Waals surface area contributed by atoms with Crippen LogP contribution in [0.25, 0.3) is 0 Å². The Bertz CT molecular complexity index is 637. The Balaban J connectivity index is 2.10. The Kier molecular flexibility index (Phi) is 7.38. The maximum absolute atomic E-state index is 12.3. The van der Waals surface area contributed by atoms with Gasteiger partial charge in [0, 0.05) is 0 Å². The standard InChI is InChI=1S/C19H24F2O5/c1-12-4-5-14(13-6-8-15(9-7-13)25-19(20)21)10-16(12)26-17(11-23-2)18(22)24-3/h4-5,10-11,13,15,19H,6-9H2,1-3H3/b17-11-. The molecule has 1 saturated carbocycles. The number of rotatable bonds is 7. The fraction of sp³-hybridized carbons (Fsp3) is 0.526. The first-order valence-corrected chi connectivity index (χ1v) is 8.47. The largest absolute Gasteiger partial charge is 0.500 e. The van der Waals surface area contributed by atoms with Crippen LogP contribution in [0.15, 0.2) is 30.2 Å². The van der Waals surface area contributed by atoms with Crippen molar-refractivity contribution >= 4 is 5.97 Å². The fourth-order valence-corrected chi connectivity index (χ4v) is 3.10. The van der Waals surface area contributed by atoms with Crippen molar-refractivity contribution in [1.82, 2.24) is 0 Å². The van der Waals surface area contributed by atoms with Crippen LogP contribution in [0.3, 0.4) is 0 Å². The van der Waals surface area contributed by atoms with Gasteiger partial charge in [-0.2, -0.15) is 8.78 Å². The second-order valence-electron chi connectivity index (χ2n) is 6.21. The molecule has 0 heterocycles. The van der Waals surface area contributed by atoms with Crippen molar-refractivity contribution in [1.29, 1.82) is 0 Å². The quantitative estimate of drug-likeness (QED) is 0.407. The summed E-state index contributed by atoms with van der Waals surface area (Å²) in [5.74, 6) is 0.0798. The number of hydrogen-bond acceptors (Lipinski definition) is 5. The fourth-order valence-electron chi connectivity index (χ4n) is 3.10. The third-order valence-corrected chi connectivity index (χ3v) is 4.48. The molecular formula is C19H24F2O5. The highest BCUT2D eigenvalue weighted by Crippen LogP contribution is 2.36. The summed E-state index contributed by atoms with van der Waals surface area (Å²) in [5.41, 5.74) is 1.90. The molecule has 7 heteroatoms. The second-order valence-corrected chi connectivity index (χ2v) is 6.21. The van der Waals surface area contributed by atoms with E-state index < -0.39 is 12.6 Å². The highest BCUT2D eigenvalue weighted by molar-refractivity contribution is 5.86. The van der Waals surface area contributed by atoms with Crippen LogP contribution in [0.4, 0.5) is 8.78 Å². The number of benzene rings is 1. The van der Waals surface area contributed by atoms with Crippen LogP contribution in [0.2, 0.25) is 0 Å². The van der Waals surface area contributed by atoms with E-state index in [-0.39, 0.29) is 17.8 Å². The van der Waals surface area contributed by atoms with E-state index in [0.29, 0.717) is 18.6 Å². The van der Waals surface area contributed by atoms with Crippen LogP contribution in [0, 0.1) is 6.92 Å². The topological polar surface area (TPSA) is 54.0 Å². The molecule has 2 rings (SSSR count). The number of hydrogen-bond donors (Lipinski definition) is 0. The summed E-state index contributed by atoms with van der Waals surface area (Å²) in [6.07, 6.45) is 3.51. The molecule has 0 aliphatic heterocycles. The average Bonchev–Trinajstić information content (AvgIpc) is 2.62. The Morgan fingerprint density at radius 1 is 1.19 bits per heavy atom. The molecule has 144 valence electrons. The number of ether oxygens (including phenoxy) is 4. The van der Waals surface area contributed by atoms with Gasteiger partial charge in [0.25, 0.3) is 0 Å². The summed E-state index contributed by atoms with van der Waals surface area (Å²) in [7, 11) is 2.67. The molecule has 0 N–H and O–H groups in total. The van der Waals surface area contributed by atoms with E-state index in [9.17, 15) is 13.6 Å². The van der Waals surface area contributed by atoms with Gasteiger partial charge in [0.05, 0.1) is 20.3 Å². The first-order chi connectivity index (χ1) is 12.4. The monoisotopic (exact) mass is 370 g/mol. The van der Waals surface area contributed by atoms with Gasteiger partial charge in [0.2, 0.25) is 5.76 Å². The SMILES string of the molecule is CO/C=C(\Oc1cc(C2CCC(OC(F)F)CC2)ccc1C)C(=O)OC. The highest BCUT2D eigenvalue weighted by Gasteiger charge is 2.25. The molecule has 0 radical (unpaired) electrons. The summed E-state index contributed by atoms with van der Waals surface area (Å²) in [4.78, 5) is 11.8. The van der Waals surface area contributed by atoms with Gasteiger partial charge in [0.1, 0.15) is 12.0 Å². The lowest BCUT2D eigenvalue weighted by molar-refractivity contribution is -0.170. The van der Waals surface area contributed by atoms with Crippen LogP contribution < -0.4 is 4.74 Å². The predicted molar refractivity (Wildman–Crippen MR) is 91.0 cm³/mol. The molecule has 1 fully saturated rings. The van der Waals surface area contributed by atoms with E-state index in [1.165, 1.54) is 20.5 Å². The number of esters is 1. The molecule has 0 aromatic heterocycles. The van der Waals surface area contributed by atoms with Gasteiger partial charge in [-0.1, -0.05) is 12.1 Å². The number of aryl methyl sites for hydroxylation is 1. The Morgan fingerprint density at radius 3 is 2.46 bits per heavy atom. The molecule has 1 aliphatic rings. The summed E-state index contributed by atoms with van der Waals surface area (Å²) < 4.78 is 44.5. The lowest BCUT2D eigenvalue weighted by Gasteiger charge is -2.28. The maximum Gasteiger partial charge on any atom is 0.377 e. The van der Waals surface area contributed by atoms with E-state index in [4.69, 9.17) is 9.47 Å². The zero-order valence-electron chi connectivity index (χ0n) is 15.2. The van der Waals surface area contributed by atoms with Gasteiger partial charge in [-0.05, 0) is 55.7 Å². The van der Waals surface area contributed by atoms with Crippen molar-refractivity contribution in [3.63, 3.8) is 0 Å². The number of alkyl halides is 2. The molecule has 26 heavy (non-hydrogen) atoms. The molecule has 5 nitrogen and oxygen atoms in total. The maximum atomic E-state index is 12.3. The Labute approximate surface area is 151 Å². The summed E-state index contributed by atoms with van der Waals surface area (Å²) >= 11 is 0. The average molecular weight is 370 g/mol. The van der Waals surface area contributed by atoms with E-state index >= 15 is 0 Å². The van der Waals surface area contributed by atoms with Crippen LogP contribution >= 0.6 is 0 Å². The zero-order chi connectivity index (χ0) is 19.1. The number of carbonyl (C=O) groups excluding carboxylic acids is 1. The molecule has 0 unspecified atom stereocenters. The number of methoxy groups -OCH3 is 2. The summed E-state index contributed by atoms with van der Waals surface area (Å²) in [6.45, 7) is -0.853. The van der Waals surface area contributed by atoms with Crippen LogP contribution in [0.5, 0.6) is 5.75 Å². The van der Waals surface area contributed by atoms with Crippen molar-refractivity contribution in [2.24, 2.45) is 0 Å². The predicted octanol–water partition coefficient (Wildman–Crippen LogP) is 4.30. The van der Waals surface area contributed by atoms with Crippen molar-refractivity contribution < 1.29 is 32.5 Å². The summed E-state index contributed by atoms with van der Waals surface area (Å²) in [5, 5.41) is 0. The Morgan fingerprint density at radius 2 is 1.88 bits per heavy atom. The van der Waals surface area contributed by atoms with Gasteiger partial charge >= 0.3 is 12.6 Å². The molecule has 1 aromatic carbocycles. The van der Waals surface area contributed by atoms with Crippen molar-refractivity contribution in [3.05, 3.63) is 41.3 Å². The van der Waals surface area contributed by atoms with Crippen molar-refractivity contribution in [2.45, 2.75) is 51.2 Å². The minimum Gasteiger partial charge on any atom is -0.500 e. The Hall–Kier alpha value is -2.15.